The molecular weight excluding hydrogens is 296 g/mol. The fraction of sp³-hybridized carbons (Fsp3) is 0.154. The predicted octanol–water partition coefficient (Wildman–Crippen LogP) is 3.50. The summed E-state index contributed by atoms with van der Waals surface area (Å²) in [7, 11) is 0. The van der Waals surface area contributed by atoms with Gasteiger partial charge in [0.25, 0.3) is 0 Å². The molecule has 88 valence electrons. The average Bonchev–Trinajstić information content (AvgIpc) is 2.34. The Hall–Kier alpha value is -0.840. The standard InChI is InChI=1S/C13H13BrN2S/c14-11-1-2-13(10(9-11)3-6-15)17-12-4-7-16-8-5-12/h1-2,4-5,7-9H,3,6,15H2. The lowest BCUT2D eigenvalue weighted by molar-refractivity contribution is 0.943. The smallest absolute Gasteiger partial charge is 0.0279 e. The van der Waals surface area contributed by atoms with E-state index in [2.05, 4.69) is 39.1 Å². The minimum Gasteiger partial charge on any atom is -0.330 e. The fourth-order valence-electron chi connectivity index (χ4n) is 1.53. The molecule has 2 nitrogen and oxygen atoms in total. The van der Waals surface area contributed by atoms with Gasteiger partial charge in [-0.2, -0.15) is 0 Å². The van der Waals surface area contributed by atoms with Crippen molar-refractivity contribution in [1.82, 2.24) is 4.98 Å². The Kier molecular flexibility index (Phi) is 4.59. The summed E-state index contributed by atoms with van der Waals surface area (Å²) in [5, 5.41) is 0. The van der Waals surface area contributed by atoms with E-state index in [0.717, 1.165) is 10.9 Å². The highest BCUT2D eigenvalue weighted by atomic mass is 79.9. The predicted molar refractivity (Wildman–Crippen MR) is 75.3 cm³/mol. The van der Waals surface area contributed by atoms with Crippen LogP contribution in [0.3, 0.4) is 0 Å². The lowest BCUT2D eigenvalue weighted by Crippen LogP contribution is -2.03. The summed E-state index contributed by atoms with van der Waals surface area (Å²) in [4.78, 5) is 6.47. The molecule has 2 aromatic rings. The highest BCUT2D eigenvalue weighted by Crippen LogP contribution is 2.31. The van der Waals surface area contributed by atoms with Crippen LogP contribution in [0.2, 0.25) is 0 Å². The maximum absolute atomic E-state index is 5.64. The molecule has 2 N–H and O–H groups in total. The first-order chi connectivity index (χ1) is 8.29. The highest BCUT2D eigenvalue weighted by Gasteiger charge is 2.04. The van der Waals surface area contributed by atoms with Crippen LogP contribution in [0, 0.1) is 0 Å². The average molecular weight is 309 g/mol. The first-order valence-corrected chi connectivity index (χ1v) is 6.97. The van der Waals surface area contributed by atoms with Crippen molar-refractivity contribution >= 4 is 27.7 Å². The number of hydrogen-bond acceptors (Lipinski definition) is 3. The van der Waals surface area contributed by atoms with Gasteiger partial charge in [-0.3, -0.25) is 4.98 Å². The van der Waals surface area contributed by atoms with Gasteiger partial charge >= 0.3 is 0 Å². The van der Waals surface area contributed by atoms with Crippen molar-refractivity contribution in [3.05, 3.63) is 52.8 Å². The molecule has 0 radical (unpaired) electrons. The molecule has 0 aliphatic heterocycles. The van der Waals surface area contributed by atoms with Gasteiger partial charge in [-0.15, -0.1) is 0 Å². The number of rotatable bonds is 4. The normalized spacial score (nSPS) is 10.5. The van der Waals surface area contributed by atoms with E-state index in [1.807, 2.05) is 24.5 Å². The van der Waals surface area contributed by atoms with Crippen LogP contribution in [0.25, 0.3) is 0 Å². The molecule has 0 fully saturated rings. The Balaban J connectivity index is 2.26. The molecule has 4 heteroatoms. The molecule has 0 aliphatic rings. The Morgan fingerprint density at radius 2 is 1.94 bits per heavy atom. The summed E-state index contributed by atoms with van der Waals surface area (Å²) in [5.41, 5.74) is 6.92. The first-order valence-electron chi connectivity index (χ1n) is 5.36. The van der Waals surface area contributed by atoms with E-state index in [1.165, 1.54) is 15.4 Å². The molecule has 2 rings (SSSR count). The van der Waals surface area contributed by atoms with E-state index in [-0.39, 0.29) is 0 Å². The van der Waals surface area contributed by atoms with Crippen molar-refractivity contribution in [2.75, 3.05) is 6.54 Å². The minimum absolute atomic E-state index is 0.667. The van der Waals surface area contributed by atoms with Gasteiger partial charge in [-0.05, 0) is 48.9 Å². The lowest BCUT2D eigenvalue weighted by atomic mass is 10.1. The Labute approximate surface area is 114 Å². The SMILES string of the molecule is NCCc1cc(Br)ccc1Sc1ccncc1. The number of halogens is 1. The molecule has 0 saturated heterocycles. The fourth-order valence-corrected chi connectivity index (χ4v) is 2.88. The van der Waals surface area contributed by atoms with Crippen LogP contribution in [0.4, 0.5) is 0 Å². The van der Waals surface area contributed by atoms with Crippen LogP contribution in [-0.4, -0.2) is 11.5 Å². The highest BCUT2D eigenvalue weighted by molar-refractivity contribution is 9.10. The van der Waals surface area contributed by atoms with Crippen LogP contribution in [-0.2, 0) is 6.42 Å². The second-order valence-electron chi connectivity index (χ2n) is 3.58. The third-order valence-corrected chi connectivity index (χ3v) is 3.93. The minimum atomic E-state index is 0.667. The summed E-state index contributed by atoms with van der Waals surface area (Å²) < 4.78 is 1.10. The third-order valence-electron chi connectivity index (χ3n) is 2.31. The monoisotopic (exact) mass is 308 g/mol. The van der Waals surface area contributed by atoms with Gasteiger partial charge in [0, 0.05) is 26.7 Å². The molecule has 0 aliphatic carbocycles. The van der Waals surface area contributed by atoms with Crippen LogP contribution in [0.15, 0.2) is 57.0 Å². The molecule has 0 bridgehead atoms. The van der Waals surface area contributed by atoms with Crippen LogP contribution < -0.4 is 5.73 Å². The summed E-state index contributed by atoms with van der Waals surface area (Å²) >= 11 is 5.24. The van der Waals surface area contributed by atoms with Crippen molar-refractivity contribution in [2.45, 2.75) is 16.2 Å². The van der Waals surface area contributed by atoms with E-state index < -0.39 is 0 Å². The number of benzene rings is 1. The van der Waals surface area contributed by atoms with Gasteiger partial charge in [-0.1, -0.05) is 27.7 Å². The topological polar surface area (TPSA) is 38.9 Å². The zero-order valence-electron chi connectivity index (χ0n) is 9.27. The molecule has 17 heavy (non-hydrogen) atoms. The third kappa shape index (κ3) is 3.56. The van der Waals surface area contributed by atoms with E-state index in [4.69, 9.17) is 5.73 Å². The number of hydrogen-bond donors (Lipinski definition) is 1. The number of nitrogens with zero attached hydrogens (tertiary/aromatic N) is 1. The molecule has 1 aromatic carbocycles. The van der Waals surface area contributed by atoms with Crippen molar-refractivity contribution in [2.24, 2.45) is 5.73 Å². The largest absolute Gasteiger partial charge is 0.330 e. The van der Waals surface area contributed by atoms with Gasteiger partial charge < -0.3 is 5.73 Å². The van der Waals surface area contributed by atoms with Gasteiger partial charge in [0.15, 0.2) is 0 Å². The van der Waals surface area contributed by atoms with Gasteiger partial charge in [0.2, 0.25) is 0 Å². The van der Waals surface area contributed by atoms with E-state index in [9.17, 15) is 0 Å². The molecule has 0 saturated carbocycles. The summed E-state index contributed by atoms with van der Waals surface area (Å²) in [6.45, 7) is 0.667. The zero-order chi connectivity index (χ0) is 12.1. The second-order valence-corrected chi connectivity index (χ2v) is 5.61. The Morgan fingerprint density at radius 3 is 2.65 bits per heavy atom. The molecule has 0 unspecified atom stereocenters. The molecule has 0 atom stereocenters. The van der Waals surface area contributed by atoms with Crippen molar-refractivity contribution in [3.8, 4) is 0 Å². The van der Waals surface area contributed by atoms with Crippen molar-refractivity contribution in [3.63, 3.8) is 0 Å². The van der Waals surface area contributed by atoms with Crippen LogP contribution >= 0.6 is 27.7 Å². The van der Waals surface area contributed by atoms with Gasteiger partial charge in [-0.25, -0.2) is 0 Å². The summed E-state index contributed by atoms with van der Waals surface area (Å²) in [6.07, 6.45) is 4.51. The van der Waals surface area contributed by atoms with Crippen LogP contribution in [0.1, 0.15) is 5.56 Å². The zero-order valence-corrected chi connectivity index (χ0v) is 11.7. The van der Waals surface area contributed by atoms with Gasteiger partial charge in [0.05, 0.1) is 0 Å². The number of pyridine rings is 1. The van der Waals surface area contributed by atoms with Crippen LogP contribution in [0.5, 0.6) is 0 Å². The van der Waals surface area contributed by atoms with Gasteiger partial charge in [0.1, 0.15) is 0 Å². The Morgan fingerprint density at radius 1 is 1.18 bits per heavy atom. The molecule has 1 aromatic heterocycles. The maximum atomic E-state index is 5.64. The molecule has 0 spiro atoms. The summed E-state index contributed by atoms with van der Waals surface area (Å²) in [5.74, 6) is 0. The van der Waals surface area contributed by atoms with E-state index >= 15 is 0 Å². The lowest BCUT2D eigenvalue weighted by Gasteiger charge is -2.08. The summed E-state index contributed by atoms with van der Waals surface area (Å²) in [6, 6.07) is 10.3. The number of nitrogens with two attached hydrogens (primary N) is 1. The van der Waals surface area contributed by atoms with Crippen molar-refractivity contribution < 1.29 is 0 Å². The quantitative estimate of drug-likeness (QED) is 0.939. The van der Waals surface area contributed by atoms with E-state index in [1.54, 1.807) is 11.8 Å². The molecule has 0 amide bonds. The maximum Gasteiger partial charge on any atom is 0.0279 e. The Bertz CT molecular complexity index is 488. The molecular formula is C13H13BrN2S. The second kappa shape index (κ2) is 6.19. The molecule has 1 heterocycles. The number of aromatic nitrogens is 1. The van der Waals surface area contributed by atoms with E-state index in [0.29, 0.717) is 6.54 Å². The first kappa shape index (κ1) is 12.6. The van der Waals surface area contributed by atoms with Crippen molar-refractivity contribution in [1.29, 1.82) is 0 Å².